The third kappa shape index (κ3) is 4.79. The highest BCUT2D eigenvalue weighted by molar-refractivity contribution is 6.11. The van der Waals surface area contributed by atoms with Gasteiger partial charge in [0.1, 0.15) is 0 Å². The number of aromatic nitrogens is 4. The van der Waals surface area contributed by atoms with Crippen molar-refractivity contribution in [2.24, 2.45) is 0 Å². The van der Waals surface area contributed by atoms with E-state index in [2.05, 4.69) is 25.5 Å². The van der Waals surface area contributed by atoms with Gasteiger partial charge in [0.25, 0.3) is 11.8 Å². The smallest absolute Gasteiger partial charge is 0.276 e. The molecule has 4 aromatic rings. The first-order chi connectivity index (χ1) is 16.4. The van der Waals surface area contributed by atoms with E-state index in [1.807, 2.05) is 42.2 Å². The summed E-state index contributed by atoms with van der Waals surface area (Å²) in [4.78, 5) is 23.4. The molecule has 0 spiro atoms. The Hall–Kier alpha value is -3.72. The van der Waals surface area contributed by atoms with E-state index in [9.17, 15) is 13.6 Å². The largest absolute Gasteiger partial charge is 0.319 e. The summed E-state index contributed by atoms with van der Waals surface area (Å²) >= 11 is 0. The van der Waals surface area contributed by atoms with Crippen molar-refractivity contribution in [3.05, 3.63) is 71.9 Å². The predicted octanol–water partition coefficient (Wildman–Crippen LogP) is 4.81. The van der Waals surface area contributed by atoms with Crippen LogP contribution in [0.15, 0.2) is 55.1 Å². The zero-order valence-electron chi connectivity index (χ0n) is 18.7. The number of aromatic amines is 1. The summed E-state index contributed by atoms with van der Waals surface area (Å²) in [7, 11) is 0. The quantitative estimate of drug-likeness (QED) is 0.444. The molecule has 5 rings (SSSR count). The van der Waals surface area contributed by atoms with Gasteiger partial charge in [-0.2, -0.15) is 5.10 Å². The molecule has 0 saturated carbocycles. The fourth-order valence-electron chi connectivity index (χ4n) is 4.21. The van der Waals surface area contributed by atoms with Gasteiger partial charge in [-0.25, -0.2) is 8.78 Å². The molecule has 9 heteroatoms. The van der Waals surface area contributed by atoms with Crippen molar-refractivity contribution < 1.29 is 13.6 Å². The molecule has 1 aromatic carbocycles. The van der Waals surface area contributed by atoms with Crippen molar-refractivity contribution in [1.29, 1.82) is 0 Å². The van der Waals surface area contributed by atoms with Gasteiger partial charge in [0.15, 0.2) is 5.69 Å². The van der Waals surface area contributed by atoms with Crippen LogP contribution in [-0.2, 0) is 6.54 Å². The number of aryl methyl sites for hydroxylation is 1. The van der Waals surface area contributed by atoms with Gasteiger partial charge in [0.05, 0.1) is 17.4 Å². The third-order valence-electron chi connectivity index (χ3n) is 6.03. The Balaban J connectivity index is 1.37. The average Bonchev–Trinajstić information content (AvgIpc) is 3.24. The maximum Gasteiger partial charge on any atom is 0.276 e. The fraction of sp³-hybridized carbons (Fsp3) is 0.280. The van der Waals surface area contributed by atoms with Gasteiger partial charge in [-0.1, -0.05) is 6.07 Å². The first kappa shape index (κ1) is 22.1. The molecular formula is C25H24F2N6O. The molecule has 1 saturated heterocycles. The number of rotatable bonds is 5. The second-order valence-corrected chi connectivity index (χ2v) is 8.75. The van der Waals surface area contributed by atoms with E-state index < -0.39 is 5.92 Å². The van der Waals surface area contributed by atoms with E-state index in [1.165, 1.54) is 0 Å². The molecule has 1 fully saturated rings. The number of fused-ring (bicyclic) bond motifs is 1. The number of likely N-dealkylation sites (tertiary alicyclic amines) is 1. The number of anilines is 1. The molecule has 0 bridgehead atoms. The molecule has 174 valence electrons. The normalized spacial score (nSPS) is 16.0. The molecule has 7 nitrogen and oxygen atoms in total. The van der Waals surface area contributed by atoms with E-state index in [-0.39, 0.29) is 24.4 Å². The van der Waals surface area contributed by atoms with Crippen LogP contribution in [0.3, 0.4) is 0 Å². The molecule has 34 heavy (non-hydrogen) atoms. The van der Waals surface area contributed by atoms with E-state index in [4.69, 9.17) is 0 Å². The highest BCUT2D eigenvalue weighted by Crippen LogP contribution is 2.29. The summed E-state index contributed by atoms with van der Waals surface area (Å²) in [5.41, 5.74) is 5.31. The highest BCUT2D eigenvalue weighted by atomic mass is 19.3. The number of piperidine rings is 1. The standard InChI is InChI=1S/C25H24F2N6O/c1-16-8-20(14-28-11-16)30-24(34)23-21-10-18(2-3-22(21)31-32-23)19-9-17(12-29-13-19)15-33-6-4-25(26,27)5-7-33/h2-3,8-14H,4-7,15H2,1H3,(H,30,34)(H,31,32). The molecular weight excluding hydrogens is 438 g/mol. The summed E-state index contributed by atoms with van der Waals surface area (Å²) in [6.45, 7) is 3.21. The predicted molar refractivity (Wildman–Crippen MR) is 126 cm³/mol. The Bertz CT molecular complexity index is 1340. The lowest BCUT2D eigenvalue weighted by atomic mass is 10.0. The molecule has 0 radical (unpaired) electrons. The zero-order valence-corrected chi connectivity index (χ0v) is 18.7. The second kappa shape index (κ2) is 8.90. The van der Waals surface area contributed by atoms with E-state index >= 15 is 0 Å². The van der Waals surface area contributed by atoms with Crippen LogP contribution in [0.5, 0.6) is 0 Å². The summed E-state index contributed by atoms with van der Waals surface area (Å²) in [5.74, 6) is -2.89. The number of halogens is 2. The number of pyridine rings is 2. The Morgan fingerprint density at radius 1 is 1.06 bits per heavy atom. The number of alkyl halides is 2. The van der Waals surface area contributed by atoms with Crippen molar-refractivity contribution in [2.75, 3.05) is 18.4 Å². The van der Waals surface area contributed by atoms with Crippen LogP contribution >= 0.6 is 0 Å². The molecule has 1 amide bonds. The topological polar surface area (TPSA) is 86.8 Å². The van der Waals surface area contributed by atoms with Crippen molar-refractivity contribution in [1.82, 2.24) is 25.1 Å². The summed E-state index contributed by atoms with van der Waals surface area (Å²) in [5, 5.41) is 10.7. The Morgan fingerprint density at radius 3 is 2.65 bits per heavy atom. The summed E-state index contributed by atoms with van der Waals surface area (Å²) < 4.78 is 26.9. The number of amides is 1. The molecule has 0 unspecified atom stereocenters. The summed E-state index contributed by atoms with van der Waals surface area (Å²) in [6, 6.07) is 9.58. The van der Waals surface area contributed by atoms with Gasteiger partial charge in [-0.3, -0.25) is 24.8 Å². The van der Waals surface area contributed by atoms with Crippen LogP contribution in [-0.4, -0.2) is 50.0 Å². The lowest BCUT2D eigenvalue weighted by Crippen LogP contribution is -2.38. The number of carbonyl (C=O) groups is 1. The van der Waals surface area contributed by atoms with Crippen molar-refractivity contribution in [2.45, 2.75) is 32.2 Å². The van der Waals surface area contributed by atoms with Gasteiger partial charge >= 0.3 is 0 Å². The number of nitrogens with zero attached hydrogens (tertiary/aromatic N) is 4. The van der Waals surface area contributed by atoms with Crippen LogP contribution in [0.25, 0.3) is 22.0 Å². The first-order valence-corrected chi connectivity index (χ1v) is 11.1. The molecule has 1 aliphatic rings. The SMILES string of the molecule is Cc1cncc(NC(=O)c2n[nH]c3ccc(-c4cncc(CN5CCC(F)(F)CC5)c4)cc23)c1. The zero-order chi connectivity index (χ0) is 23.7. The lowest BCUT2D eigenvalue weighted by Gasteiger charge is -2.31. The third-order valence-corrected chi connectivity index (χ3v) is 6.03. The minimum atomic E-state index is -2.56. The van der Waals surface area contributed by atoms with E-state index in [1.54, 1.807) is 24.8 Å². The van der Waals surface area contributed by atoms with Crippen LogP contribution in [0.2, 0.25) is 0 Å². The van der Waals surface area contributed by atoms with Crippen LogP contribution < -0.4 is 5.32 Å². The van der Waals surface area contributed by atoms with Crippen LogP contribution in [0, 0.1) is 6.92 Å². The lowest BCUT2D eigenvalue weighted by molar-refractivity contribution is -0.0566. The maximum absolute atomic E-state index is 13.5. The number of carbonyl (C=O) groups excluding carboxylic acids is 1. The fourth-order valence-corrected chi connectivity index (χ4v) is 4.21. The van der Waals surface area contributed by atoms with Gasteiger partial charge in [-0.05, 0) is 47.9 Å². The van der Waals surface area contributed by atoms with E-state index in [0.717, 1.165) is 27.8 Å². The van der Waals surface area contributed by atoms with Crippen molar-refractivity contribution in [3.8, 4) is 11.1 Å². The minimum Gasteiger partial charge on any atom is -0.319 e. The van der Waals surface area contributed by atoms with Gasteiger partial charge in [0.2, 0.25) is 0 Å². The number of H-pyrrole nitrogens is 1. The van der Waals surface area contributed by atoms with Crippen LogP contribution in [0.4, 0.5) is 14.5 Å². The van der Waals surface area contributed by atoms with Crippen LogP contribution in [0.1, 0.15) is 34.5 Å². The maximum atomic E-state index is 13.5. The molecule has 2 N–H and O–H groups in total. The minimum absolute atomic E-state index is 0.110. The monoisotopic (exact) mass is 462 g/mol. The highest BCUT2D eigenvalue weighted by Gasteiger charge is 2.33. The molecule has 3 aromatic heterocycles. The Morgan fingerprint density at radius 2 is 1.85 bits per heavy atom. The molecule has 0 atom stereocenters. The van der Waals surface area contributed by atoms with Gasteiger partial charge < -0.3 is 5.32 Å². The summed E-state index contributed by atoms with van der Waals surface area (Å²) in [6.07, 6.45) is 6.61. The number of hydrogen-bond donors (Lipinski definition) is 2. The van der Waals surface area contributed by atoms with E-state index in [0.29, 0.717) is 30.7 Å². The number of hydrogen-bond acceptors (Lipinski definition) is 5. The second-order valence-electron chi connectivity index (χ2n) is 8.75. The molecule has 1 aliphatic heterocycles. The number of nitrogens with one attached hydrogen (secondary N) is 2. The van der Waals surface area contributed by atoms with Gasteiger partial charge in [0, 0.05) is 62.0 Å². The Labute approximate surface area is 195 Å². The molecule has 4 heterocycles. The van der Waals surface area contributed by atoms with Crippen molar-refractivity contribution in [3.63, 3.8) is 0 Å². The Kier molecular flexibility index (Phi) is 5.79. The molecule has 0 aliphatic carbocycles. The average molecular weight is 463 g/mol. The van der Waals surface area contributed by atoms with Crippen molar-refractivity contribution >= 4 is 22.5 Å². The van der Waals surface area contributed by atoms with Gasteiger partial charge in [-0.15, -0.1) is 0 Å². The number of benzene rings is 1. The first-order valence-electron chi connectivity index (χ1n) is 11.1.